The zero-order chi connectivity index (χ0) is 17.9. The summed E-state index contributed by atoms with van der Waals surface area (Å²) in [6.45, 7) is 0. The standard InChI is InChI=1S/C16H12F3N3OS2/c17-16(18,19)11-4-1-3-10(7-11)8-13-14(23)21-15(25-13)22-20-9-12-5-2-6-24-12/h1-7,9,13H,8H2,(H,21,22,23)/b20-9-/t13-/m1/s1. The van der Waals surface area contributed by atoms with Crippen molar-refractivity contribution in [1.29, 1.82) is 0 Å². The van der Waals surface area contributed by atoms with Crippen LogP contribution in [-0.2, 0) is 17.4 Å². The van der Waals surface area contributed by atoms with Crippen molar-refractivity contribution in [3.05, 3.63) is 57.8 Å². The summed E-state index contributed by atoms with van der Waals surface area (Å²) in [6, 6.07) is 8.76. The number of carbonyl (C=O) groups excluding carboxylic acids is 1. The van der Waals surface area contributed by atoms with Crippen molar-refractivity contribution in [2.45, 2.75) is 17.8 Å². The smallest absolute Gasteiger partial charge is 0.303 e. The largest absolute Gasteiger partial charge is 0.416 e. The molecule has 1 aliphatic rings. The summed E-state index contributed by atoms with van der Waals surface area (Å²) in [6.07, 6.45) is -2.64. The fourth-order valence-electron chi connectivity index (χ4n) is 2.18. The van der Waals surface area contributed by atoms with E-state index in [1.807, 2.05) is 17.5 Å². The zero-order valence-electron chi connectivity index (χ0n) is 12.7. The third-order valence-electron chi connectivity index (χ3n) is 3.33. The molecular formula is C16H12F3N3OS2. The maximum atomic E-state index is 12.8. The Hall–Kier alpha value is -2.13. The van der Waals surface area contributed by atoms with Crippen LogP contribution in [0.25, 0.3) is 0 Å². The van der Waals surface area contributed by atoms with Gasteiger partial charge >= 0.3 is 6.18 Å². The summed E-state index contributed by atoms with van der Waals surface area (Å²) >= 11 is 2.67. The molecule has 1 aromatic heterocycles. The third-order valence-corrected chi connectivity index (χ3v) is 5.21. The Morgan fingerprint density at radius 1 is 1.24 bits per heavy atom. The fraction of sp³-hybridized carbons (Fsp3) is 0.188. The molecule has 2 aromatic rings. The number of nitrogens with zero attached hydrogens (tertiary/aromatic N) is 2. The normalized spacial score (nSPS) is 19.7. The maximum absolute atomic E-state index is 12.8. The maximum Gasteiger partial charge on any atom is 0.416 e. The van der Waals surface area contributed by atoms with Crippen molar-refractivity contribution >= 4 is 40.4 Å². The Bertz CT molecular complexity index is 816. The van der Waals surface area contributed by atoms with Gasteiger partial charge in [0, 0.05) is 4.88 Å². The van der Waals surface area contributed by atoms with Crippen molar-refractivity contribution in [3.63, 3.8) is 0 Å². The van der Waals surface area contributed by atoms with Gasteiger partial charge in [0.25, 0.3) is 0 Å². The van der Waals surface area contributed by atoms with E-state index in [1.54, 1.807) is 12.3 Å². The number of alkyl halides is 3. The number of hydrogen-bond acceptors (Lipinski definition) is 5. The lowest BCUT2D eigenvalue weighted by atomic mass is 10.1. The number of thiophene rings is 1. The van der Waals surface area contributed by atoms with E-state index in [0.717, 1.165) is 28.8 Å². The van der Waals surface area contributed by atoms with Gasteiger partial charge in [-0.15, -0.1) is 16.4 Å². The van der Waals surface area contributed by atoms with Crippen LogP contribution in [0.5, 0.6) is 0 Å². The number of benzene rings is 1. The quantitative estimate of drug-likeness (QED) is 0.642. The van der Waals surface area contributed by atoms with Crippen LogP contribution in [-0.4, -0.2) is 22.5 Å². The van der Waals surface area contributed by atoms with E-state index in [-0.39, 0.29) is 12.3 Å². The molecule has 25 heavy (non-hydrogen) atoms. The number of rotatable bonds is 4. The first-order valence-electron chi connectivity index (χ1n) is 7.20. The van der Waals surface area contributed by atoms with Crippen molar-refractivity contribution in [2.24, 2.45) is 10.2 Å². The highest BCUT2D eigenvalue weighted by molar-refractivity contribution is 8.15. The Kier molecular flexibility index (Phi) is 5.24. The second-order valence-electron chi connectivity index (χ2n) is 5.16. The number of halogens is 3. The molecule has 0 aliphatic carbocycles. The number of nitrogens with one attached hydrogen (secondary N) is 1. The van der Waals surface area contributed by atoms with Crippen LogP contribution in [0.1, 0.15) is 16.0 Å². The third kappa shape index (κ3) is 4.70. The minimum absolute atomic E-state index is 0.189. The van der Waals surface area contributed by atoms with Crippen LogP contribution in [0.15, 0.2) is 52.0 Å². The number of hydrogen-bond donors (Lipinski definition) is 1. The summed E-state index contributed by atoms with van der Waals surface area (Å²) in [5.74, 6) is -0.285. The van der Waals surface area contributed by atoms with Crippen molar-refractivity contribution in [1.82, 2.24) is 5.32 Å². The average Bonchev–Trinajstić information content (AvgIpc) is 3.18. The van der Waals surface area contributed by atoms with Gasteiger partial charge in [-0.1, -0.05) is 36.0 Å². The lowest BCUT2D eigenvalue weighted by molar-refractivity contribution is -0.137. The Morgan fingerprint density at radius 2 is 2.08 bits per heavy atom. The summed E-state index contributed by atoms with van der Waals surface area (Å²) in [5.41, 5.74) is -0.270. The van der Waals surface area contributed by atoms with E-state index >= 15 is 0 Å². The van der Waals surface area contributed by atoms with Gasteiger partial charge in [-0.25, -0.2) is 0 Å². The fourth-order valence-corrected chi connectivity index (χ4v) is 3.72. The summed E-state index contributed by atoms with van der Waals surface area (Å²) in [5, 5.41) is 12.2. The van der Waals surface area contributed by atoms with Crippen LogP contribution in [0.3, 0.4) is 0 Å². The second-order valence-corrected chi connectivity index (χ2v) is 7.33. The number of thioether (sulfide) groups is 1. The molecule has 1 fully saturated rings. The first-order chi connectivity index (χ1) is 11.9. The molecular weight excluding hydrogens is 371 g/mol. The van der Waals surface area contributed by atoms with Gasteiger partial charge in [0.15, 0.2) is 5.17 Å². The molecule has 0 bridgehead atoms. The summed E-state index contributed by atoms with van der Waals surface area (Å²) in [7, 11) is 0. The minimum Gasteiger partial charge on any atom is -0.303 e. The van der Waals surface area contributed by atoms with Crippen LogP contribution in [0, 0.1) is 0 Å². The first kappa shape index (κ1) is 17.7. The van der Waals surface area contributed by atoms with Crippen LogP contribution >= 0.6 is 23.1 Å². The molecule has 1 atom stereocenters. The van der Waals surface area contributed by atoms with E-state index < -0.39 is 17.0 Å². The molecule has 130 valence electrons. The Balaban J connectivity index is 1.65. The van der Waals surface area contributed by atoms with E-state index in [2.05, 4.69) is 15.5 Å². The average molecular weight is 383 g/mol. The van der Waals surface area contributed by atoms with Gasteiger partial charge in [-0.05, 0) is 29.5 Å². The molecule has 1 aliphatic heterocycles. The minimum atomic E-state index is -4.40. The highest BCUT2D eigenvalue weighted by Gasteiger charge is 2.33. The van der Waals surface area contributed by atoms with E-state index in [9.17, 15) is 18.0 Å². The van der Waals surface area contributed by atoms with Crippen LogP contribution < -0.4 is 5.32 Å². The SMILES string of the molecule is O=C1N/C(=N/N=C\c2cccs2)S[C@@H]1Cc1cccc(C(F)(F)F)c1. The number of amidine groups is 1. The molecule has 4 nitrogen and oxygen atoms in total. The summed E-state index contributed by atoms with van der Waals surface area (Å²) in [4.78, 5) is 12.9. The topological polar surface area (TPSA) is 53.8 Å². The molecule has 3 rings (SSSR count). The van der Waals surface area contributed by atoms with Gasteiger partial charge in [-0.3, -0.25) is 4.79 Å². The predicted molar refractivity (Wildman–Crippen MR) is 94.0 cm³/mol. The molecule has 2 heterocycles. The molecule has 0 spiro atoms. The number of amides is 1. The van der Waals surface area contributed by atoms with E-state index in [0.29, 0.717) is 10.7 Å². The molecule has 1 saturated heterocycles. The Labute approximate surface area is 149 Å². The number of carbonyl (C=O) groups is 1. The van der Waals surface area contributed by atoms with Crippen LogP contribution in [0.2, 0.25) is 0 Å². The predicted octanol–water partition coefficient (Wildman–Crippen LogP) is 3.93. The molecule has 1 aromatic carbocycles. The highest BCUT2D eigenvalue weighted by atomic mass is 32.2. The van der Waals surface area contributed by atoms with Gasteiger partial charge in [0.2, 0.25) is 5.91 Å². The monoisotopic (exact) mass is 383 g/mol. The van der Waals surface area contributed by atoms with E-state index in [1.165, 1.54) is 17.4 Å². The van der Waals surface area contributed by atoms with Crippen LogP contribution in [0.4, 0.5) is 13.2 Å². The molecule has 0 saturated carbocycles. The molecule has 1 amide bonds. The van der Waals surface area contributed by atoms with Crippen molar-refractivity contribution in [3.8, 4) is 0 Å². The molecule has 0 radical (unpaired) electrons. The lowest BCUT2D eigenvalue weighted by Gasteiger charge is -2.10. The molecule has 1 N–H and O–H groups in total. The first-order valence-corrected chi connectivity index (χ1v) is 8.96. The Morgan fingerprint density at radius 3 is 2.80 bits per heavy atom. The van der Waals surface area contributed by atoms with Crippen molar-refractivity contribution in [2.75, 3.05) is 0 Å². The molecule has 9 heteroatoms. The van der Waals surface area contributed by atoms with Gasteiger partial charge in [0.05, 0.1) is 17.0 Å². The molecule has 0 unspecified atom stereocenters. The second kappa shape index (κ2) is 7.40. The van der Waals surface area contributed by atoms with Crippen molar-refractivity contribution < 1.29 is 18.0 Å². The zero-order valence-corrected chi connectivity index (χ0v) is 14.3. The van der Waals surface area contributed by atoms with Gasteiger partial charge in [0.1, 0.15) is 0 Å². The highest BCUT2D eigenvalue weighted by Crippen LogP contribution is 2.31. The summed E-state index contributed by atoms with van der Waals surface area (Å²) < 4.78 is 38.3. The van der Waals surface area contributed by atoms with Gasteiger partial charge in [-0.2, -0.15) is 18.3 Å². The van der Waals surface area contributed by atoms with E-state index in [4.69, 9.17) is 0 Å². The van der Waals surface area contributed by atoms with Gasteiger partial charge < -0.3 is 5.32 Å². The lowest BCUT2D eigenvalue weighted by Crippen LogP contribution is -2.26.